The Morgan fingerprint density at radius 1 is 1.20 bits per heavy atom. The van der Waals surface area contributed by atoms with Crippen molar-refractivity contribution in [3.05, 3.63) is 55.1 Å². The fourth-order valence-corrected chi connectivity index (χ4v) is 3.34. The summed E-state index contributed by atoms with van der Waals surface area (Å²) in [5, 5.41) is 10.7. The molecule has 1 aliphatic rings. The van der Waals surface area contributed by atoms with Crippen LogP contribution in [-0.2, 0) is 10.3 Å². The molecule has 25 heavy (non-hydrogen) atoms. The van der Waals surface area contributed by atoms with E-state index in [0.29, 0.717) is 12.8 Å². The Labute approximate surface area is 145 Å². The molecular weight excluding hydrogens is 316 g/mol. The standard InChI is InChI=1S/C18H20N6O/c25-17(18(5-8-19-9-6-18)24-12-2-7-22-24)23-15-4-1-3-14(13-15)16-20-10-11-21-16/h1-4,7,10-13,19H,5-6,8-9H2,(H,20,21)(H,23,25). The van der Waals surface area contributed by atoms with Crippen molar-refractivity contribution in [2.45, 2.75) is 18.4 Å². The average molecular weight is 336 g/mol. The topological polar surface area (TPSA) is 87.6 Å². The highest BCUT2D eigenvalue weighted by molar-refractivity contribution is 5.97. The van der Waals surface area contributed by atoms with Crippen molar-refractivity contribution < 1.29 is 4.79 Å². The SMILES string of the molecule is O=C(Nc1cccc(-c2ncc[nH]2)c1)C1(n2cccn2)CCNCC1. The lowest BCUT2D eigenvalue weighted by molar-refractivity contribution is -0.126. The lowest BCUT2D eigenvalue weighted by Gasteiger charge is -2.36. The summed E-state index contributed by atoms with van der Waals surface area (Å²) >= 11 is 0. The minimum atomic E-state index is -0.657. The molecule has 128 valence electrons. The first-order valence-electron chi connectivity index (χ1n) is 8.40. The van der Waals surface area contributed by atoms with Crippen molar-refractivity contribution >= 4 is 11.6 Å². The molecule has 3 aromatic rings. The van der Waals surface area contributed by atoms with Gasteiger partial charge in [-0.2, -0.15) is 5.10 Å². The van der Waals surface area contributed by atoms with E-state index < -0.39 is 5.54 Å². The summed E-state index contributed by atoms with van der Waals surface area (Å²) in [6, 6.07) is 9.55. The van der Waals surface area contributed by atoms with E-state index in [-0.39, 0.29) is 5.91 Å². The third-order valence-corrected chi connectivity index (χ3v) is 4.69. The van der Waals surface area contributed by atoms with Crippen LogP contribution in [0.15, 0.2) is 55.1 Å². The first kappa shape index (κ1) is 15.6. The second-order valence-corrected chi connectivity index (χ2v) is 6.20. The van der Waals surface area contributed by atoms with Crippen molar-refractivity contribution in [3.63, 3.8) is 0 Å². The summed E-state index contributed by atoms with van der Waals surface area (Å²) in [6.07, 6.45) is 8.49. The third-order valence-electron chi connectivity index (χ3n) is 4.69. The molecule has 1 amide bonds. The molecule has 0 radical (unpaired) electrons. The van der Waals surface area contributed by atoms with Gasteiger partial charge in [-0.3, -0.25) is 9.48 Å². The number of carbonyl (C=O) groups excluding carboxylic acids is 1. The van der Waals surface area contributed by atoms with E-state index in [2.05, 4.69) is 25.7 Å². The van der Waals surface area contributed by atoms with Gasteiger partial charge in [0.25, 0.3) is 5.91 Å². The molecule has 0 spiro atoms. The van der Waals surface area contributed by atoms with E-state index in [1.165, 1.54) is 0 Å². The molecular formula is C18H20N6O. The number of imidazole rings is 1. The Morgan fingerprint density at radius 3 is 2.80 bits per heavy atom. The van der Waals surface area contributed by atoms with Gasteiger partial charge in [0.05, 0.1) is 0 Å². The Kier molecular flexibility index (Phi) is 4.07. The van der Waals surface area contributed by atoms with Crippen LogP contribution in [-0.4, -0.2) is 38.7 Å². The quantitative estimate of drug-likeness (QED) is 0.680. The number of carbonyl (C=O) groups is 1. The van der Waals surface area contributed by atoms with Crippen LogP contribution in [0.2, 0.25) is 0 Å². The molecule has 1 aliphatic heterocycles. The van der Waals surface area contributed by atoms with Crippen LogP contribution in [0.25, 0.3) is 11.4 Å². The number of aromatic nitrogens is 4. The van der Waals surface area contributed by atoms with Crippen LogP contribution in [0.5, 0.6) is 0 Å². The maximum absolute atomic E-state index is 13.2. The summed E-state index contributed by atoms with van der Waals surface area (Å²) in [5.74, 6) is 0.744. The molecule has 1 saturated heterocycles. The summed E-state index contributed by atoms with van der Waals surface area (Å²) in [6.45, 7) is 1.58. The number of H-pyrrole nitrogens is 1. The third kappa shape index (κ3) is 2.94. The van der Waals surface area contributed by atoms with E-state index >= 15 is 0 Å². The number of benzene rings is 1. The van der Waals surface area contributed by atoms with Gasteiger partial charge in [-0.1, -0.05) is 12.1 Å². The zero-order chi connectivity index (χ0) is 17.1. The maximum Gasteiger partial charge on any atom is 0.252 e. The smallest absolute Gasteiger partial charge is 0.252 e. The normalized spacial score (nSPS) is 16.5. The zero-order valence-electron chi connectivity index (χ0n) is 13.8. The largest absolute Gasteiger partial charge is 0.345 e. The highest BCUT2D eigenvalue weighted by atomic mass is 16.2. The minimum absolute atomic E-state index is 0.0331. The first-order valence-corrected chi connectivity index (χ1v) is 8.40. The minimum Gasteiger partial charge on any atom is -0.345 e. The number of nitrogens with zero attached hydrogens (tertiary/aromatic N) is 3. The predicted molar refractivity (Wildman–Crippen MR) is 95.0 cm³/mol. The van der Waals surface area contributed by atoms with Crippen molar-refractivity contribution in [3.8, 4) is 11.4 Å². The molecule has 0 aliphatic carbocycles. The van der Waals surface area contributed by atoms with E-state index in [1.807, 2.05) is 36.5 Å². The van der Waals surface area contributed by atoms with Gasteiger partial charge in [-0.25, -0.2) is 4.98 Å². The molecule has 4 rings (SSSR count). The van der Waals surface area contributed by atoms with Crippen LogP contribution in [0, 0.1) is 0 Å². The summed E-state index contributed by atoms with van der Waals surface area (Å²) in [5.41, 5.74) is 1.03. The van der Waals surface area contributed by atoms with Crippen LogP contribution < -0.4 is 10.6 Å². The van der Waals surface area contributed by atoms with Gasteiger partial charge in [0.2, 0.25) is 0 Å². The Balaban J connectivity index is 1.61. The van der Waals surface area contributed by atoms with Crippen LogP contribution in [0.4, 0.5) is 5.69 Å². The van der Waals surface area contributed by atoms with E-state index in [1.54, 1.807) is 23.3 Å². The van der Waals surface area contributed by atoms with Gasteiger partial charge in [-0.15, -0.1) is 0 Å². The highest BCUT2D eigenvalue weighted by Gasteiger charge is 2.42. The number of hydrogen-bond donors (Lipinski definition) is 3. The predicted octanol–water partition coefficient (Wildman–Crippen LogP) is 1.99. The average Bonchev–Trinajstić information content (AvgIpc) is 3.36. The van der Waals surface area contributed by atoms with Gasteiger partial charge in [0.1, 0.15) is 11.4 Å². The Bertz CT molecular complexity index is 834. The van der Waals surface area contributed by atoms with E-state index in [9.17, 15) is 4.79 Å². The molecule has 3 heterocycles. The summed E-state index contributed by atoms with van der Waals surface area (Å²) < 4.78 is 1.79. The van der Waals surface area contributed by atoms with Crippen molar-refractivity contribution in [2.24, 2.45) is 0 Å². The highest BCUT2D eigenvalue weighted by Crippen LogP contribution is 2.29. The number of nitrogens with one attached hydrogen (secondary N) is 3. The molecule has 3 N–H and O–H groups in total. The second-order valence-electron chi connectivity index (χ2n) is 6.20. The molecule has 0 unspecified atom stereocenters. The van der Waals surface area contributed by atoms with Gasteiger partial charge < -0.3 is 15.6 Å². The van der Waals surface area contributed by atoms with E-state index in [0.717, 1.165) is 30.2 Å². The molecule has 0 atom stereocenters. The van der Waals surface area contributed by atoms with Gasteiger partial charge in [-0.05, 0) is 44.1 Å². The summed E-state index contributed by atoms with van der Waals surface area (Å²) in [4.78, 5) is 20.5. The van der Waals surface area contributed by atoms with Gasteiger partial charge in [0, 0.05) is 36.0 Å². The fourth-order valence-electron chi connectivity index (χ4n) is 3.34. The van der Waals surface area contributed by atoms with Crippen LogP contribution in [0.1, 0.15) is 12.8 Å². The fraction of sp³-hybridized carbons (Fsp3) is 0.278. The lowest BCUT2D eigenvalue weighted by atomic mass is 9.87. The molecule has 2 aromatic heterocycles. The number of piperidine rings is 1. The van der Waals surface area contributed by atoms with Gasteiger partial charge >= 0.3 is 0 Å². The first-order chi connectivity index (χ1) is 12.3. The number of amides is 1. The van der Waals surface area contributed by atoms with Crippen LogP contribution >= 0.6 is 0 Å². The lowest BCUT2D eigenvalue weighted by Crippen LogP contribution is -2.52. The van der Waals surface area contributed by atoms with Crippen molar-refractivity contribution in [1.82, 2.24) is 25.1 Å². The van der Waals surface area contributed by atoms with Crippen molar-refractivity contribution in [1.29, 1.82) is 0 Å². The monoisotopic (exact) mass is 336 g/mol. The van der Waals surface area contributed by atoms with Crippen LogP contribution in [0.3, 0.4) is 0 Å². The van der Waals surface area contributed by atoms with Crippen molar-refractivity contribution in [2.75, 3.05) is 18.4 Å². The molecule has 1 aromatic carbocycles. The Hall–Kier alpha value is -2.93. The molecule has 0 saturated carbocycles. The van der Waals surface area contributed by atoms with Gasteiger partial charge in [0.15, 0.2) is 0 Å². The number of rotatable bonds is 4. The molecule has 1 fully saturated rings. The zero-order valence-corrected chi connectivity index (χ0v) is 13.8. The molecule has 7 heteroatoms. The summed E-state index contributed by atoms with van der Waals surface area (Å²) in [7, 11) is 0. The van der Waals surface area contributed by atoms with E-state index in [4.69, 9.17) is 0 Å². The number of hydrogen-bond acceptors (Lipinski definition) is 4. The second kappa shape index (κ2) is 6.52. The molecule has 7 nitrogen and oxygen atoms in total. The number of anilines is 1. The Morgan fingerprint density at radius 2 is 2.08 bits per heavy atom. The number of aromatic amines is 1. The maximum atomic E-state index is 13.2. The molecule has 0 bridgehead atoms.